The number of benzene rings is 3. The van der Waals surface area contributed by atoms with Crippen LogP contribution in [0.15, 0.2) is 24.3 Å². The van der Waals surface area contributed by atoms with Gasteiger partial charge < -0.3 is 0 Å². The topological polar surface area (TPSA) is 17.1 Å². The van der Waals surface area contributed by atoms with Crippen LogP contribution in [0.5, 0.6) is 0 Å². The molecule has 0 atom stereocenters. The molecule has 0 bridgehead atoms. The lowest BCUT2D eigenvalue weighted by atomic mass is 9.86. The number of aryl methyl sites for hydroxylation is 1. The molecule has 0 aromatic heterocycles. The van der Waals surface area contributed by atoms with Crippen LogP contribution in [0.4, 0.5) is 0 Å². The van der Waals surface area contributed by atoms with Gasteiger partial charge in [-0.25, -0.2) is 0 Å². The van der Waals surface area contributed by atoms with E-state index in [1.54, 1.807) is 6.92 Å². The monoisotopic (exact) mass is 518 g/mol. The van der Waals surface area contributed by atoms with Crippen LogP contribution >= 0.6 is 0 Å². The molecule has 0 unspecified atom stereocenters. The first kappa shape index (κ1) is 37.5. The van der Waals surface area contributed by atoms with Crippen LogP contribution in [0.1, 0.15) is 120 Å². The van der Waals surface area contributed by atoms with Crippen molar-refractivity contribution in [2.45, 2.75) is 125 Å². The first-order chi connectivity index (χ1) is 17.8. The molecule has 0 aliphatic heterocycles. The molecule has 1 heteroatoms. The fraction of sp³-hybridized carbons (Fsp3) is 0.486. The molecule has 0 aliphatic rings. The van der Waals surface area contributed by atoms with Gasteiger partial charge in [0.05, 0.1) is 0 Å². The molecule has 0 radical (unpaired) electrons. The van der Waals surface area contributed by atoms with E-state index in [2.05, 4.69) is 86.6 Å². The van der Waals surface area contributed by atoms with Crippen molar-refractivity contribution in [2.75, 3.05) is 0 Å². The molecule has 3 aromatic rings. The van der Waals surface area contributed by atoms with Crippen LogP contribution in [0.2, 0.25) is 0 Å². The minimum atomic E-state index is 0.172. The number of carbonyl (C=O) groups is 1. The summed E-state index contributed by atoms with van der Waals surface area (Å²) in [7, 11) is 0. The smallest absolute Gasteiger partial charge is 0.160 e. The average molecular weight is 519 g/mol. The molecular weight excluding hydrogens is 460 g/mol. The normalized spacial score (nSPS) is 9.42. The first-order valence-electron chi connectivity index (χ1n) is 14.5. The standard InChI is InChI=1S/C18H22.C13H18O.3C2H6/c1-11-7-9-17(10-8-11)18-15(5)13(3)12(2)14(4)16(18)6;1-7-8(2)10(4)13(12(6)14)11(5)9(7)3;3*1-2/h7-10H,1-6H3;1-6H3;3*1-2H3. The van der Waals surface area contributed by atoms with E-state index in [1.165, 1.54) is 61.2 Å². The summed E-state index contributed by atoms with van der Waals surface area (Å²) < 4.78 is 0. The SMILES string of the molecule is CC.CC.CC.CC(=O)c1c(C)c(C)c(C)c(C)c1C.Cc1ccc(-c2c(C)c(C)c(C)c(C)c2C)cc1. The summed E-state index contributed by atoms with van der Waals surface area (Å²) in [6, 6.07) is 8.86. The van der Waals surface area contributed by atoms with Crippen molar-refractivity contribution in [2.24, 2.45) is 0 Å². The van der Waals surface area contributed by atoms with Gasteiger partial charge in [0.2, 0.25) is 0 Å². The van der Waals surface area contributed by atoms with Crippen molar-refractivity contribution in [1.82, 2.24) is 0 Å². The Labute approximate surface area is 237 Å². The summed E-state index contributed by atoms with van der Waals surface area (Å²) in [5.74, 6) is 0.172. The molecule has 0 saturated carbocycles. The molecule has 0 saturated heterocycles. The summed E-state index contributed by atoms with van der Waals surface area (Å²) in [6.45, 7) is 37.3. The lowest BCUT2D eigenvalue weighted by molar-refractivity contribution is 0.101. The second kappa shape index (κ2) is 17.8. The number of hydrogen-bond acceptors (Lipinski definition) is 1. The zero-order valence-corrected chi connectivity index (χ0v) is 28.2. The van der Waals surface area contributed by atoms with Gasteiger partial charge in [-0.2, -0.15) is 0 Å². The third kappa shape index (κ3) is 8.69. The number of Topliss-reactive ketones (excluding diaryl/α,β-unsaturated/α-hetero) is 1. The highest BCUT2D eigenvalue weighted by Gasteiger charge is 2.15. The molecule has 3 aromatic carbocycles. The van der Waals surface area contributed by atoms with Crippen LogP contribution in [0, 0.1) is 76.2 Å². The second-order valence-electron chi connectivity index (χ2n) is 9.42. The molecule has 0 aliphatic carbocycles. The van der Waals surface area contributed by atoms with Crippen molar-refractivity contribution < 1.29 is 4.79 Å². The first-order valence-corrected chi connectivity index (χ1v) is 14.5. The molecule has 0 spiro atoms. The highest BCUT2D eigenvalue weighted by Crippen LogP contribution is 2.34. The fourth-order valence-corrected chi connectivity index (χ4v) is 4.68. The van der Waals surface area contributed by atoms with Crippen LogP contribution in [-0.4, -0.2) is 5.78 Å². The summed E-state index contributed by atoms with van der Waals surface area (Å²) in [5.41, 5.74) is 18.2. The minimum absolute atomic E-state index is 0.172. The van der Waals surface area contributed by atoms with Gasteiger partial charge in [-0.05, 0) is 150 Å². The summed E-state index contributed by atoms with van der Waals surface area (Å²) in [5, 5.41) is 0. The van der Waals surface area contributed by atoms with E-state index in [1.807, 2.05) is 55.4 Å². The Bertz CT molecular complexity index is 1120. The molecular formula is C37H58O. The van der Waals surface area contributed by atoms with E-state index in [0.717, 1.165) is 16.7 Å². The predicted molar refractivity (Wildman–Crippen MR) is 174 cm³/mol. The zero-order valence-electron chi connectivity index (χ0n) is 28.2. The fourth-order valence-electron chi connectivity index (χ4n) is 4.68. The Morgan fingerprint density at radius 2 is 0.684 bits per heavy atom. The Hall–Kier alpha value is -2.67. The average Bonchev–Trinajstić information content (AvgIpc) is 2.93. The van der Waals surface area contributed by atoms with Gasteiger partial charge in [-0.3, -0.25) is 4.79 Å². The maximum Gasteiger partial charge on any atom is 0.160 e. The van der Waals surface area contributed by atoms with E-state index in [0.29, 0.717) is 0 Å². The number of hydrogen-bond donors (Lipinski definition) is 0. The molecule has 0 fully saturated rings. The van der Waals surface area contributed by atoms with Gasteiger partial charge in [-0.15, -0.1) is 0 Å². The highest BCUT2D eigenvalue weighted by molar-refractivity contribution is 5.97. The maximum absolute atomic E-state index is 11.5. The lowest BCUT2D eigenvalue weighted by Gasteiger charge is -2.19. The Morgan fingerprint density at radius 3 is 0.974 bits per heavy atom. The van der Waals surface area contributed by atoms with Crippen LogP contribution < -0.4 is 0 Å². The van der Waals surface area contributed by atoms with Crippen molar-refractivity contribution in [3.63, 3.8) is 0 Å². The lowest BCUT2D eigenvalue weighted by Crippen LogP contribution is -2.06. The predicted octanol–water partition coefficient (Wildman–Crippen LogP) is 11.7. The Balaban J connectivity index is 0. The third-order valence-corrected chi connectivity index (χ3v) is 7.69. The molecule has 1 nitrogen and oxygen atoms in total. The van der Waals surface area contributed by atoms with Gasteiger partial charge in [0, 0.05) is 5.56 Å². The number of carbonyl (C=O) groups excluding carboxylic acids is 1. The van der Waals surface area contributed by atoms with Crippen molar-refractivity contribution in [1.29, 1.82) is 0 Å². The summed E-state index contributed by atoms with van der Waals surface area (Å²) in [4.78, 5) is 11.5. The van der Waals surface area contributed by atoms with Crippen LogP contribution in [-0.2, 0) is 0 Å². The third-order valence-electron chi connectivity index (χ3n) is 7.69. The zero-order chi connectivity index (χ0) is 30.5. The van der Waals surface area contributed by atoms with E-state index >= 15 is 0 Å². The van der Waals surface area contributed by atoms with E-state index < -0.39 is 0 Å². The molecule has 0 heterocycles. The molecule has 3 rings (SSSR count). The highest BCUT2D eigenvalue weighted by atomic mass is 16.1. The van der Waals surface area contributed by atoms with Gasteiger partial charge in [0.25, 0.3) is 0 Å². The van der Waals surface area contributed by atoms with Gasteiger partial charge in [-0.1, -0.05) is 71.4 Å². The molecule has 0 N–H and O–H groups in total. The van der Waals surface area contributed by atoms with Crippen molar-refractivity contribution in [3.8, 4) is 11.1 Å². The van der Waals surface area contributed by atoms with Gasteiger partial charge >= 0.3 is 0 Å². The minimum Gasteiger partial charge on any atom is -0.294 e. The van der Waals surface area contributed by atoms with Crippen LogP contribution in [0.25, 0.3) is 11.1 Å². The van der Waals surface area contributed by atoms with Gasteiger partial charge in [0.15, 0.2) is 5.78 Å². The Morgan fingerprint density at radius 1 is 0.421 bits per heavy atom. The number of rotatable bonds is 2. The quantitative estimate of drug-likeness (QED) is 0.308. The summed E-state index contributed by atoms with van der Waals surface area (Å²) >= 11 is 0. The molecule has 38 heavy (non-hydrogen) atoms. The van der Waals surface area contributed by atoms with Crippen molar-refractivity contribution in [3.05, 3.63) is 91.0 Å². The summed E-state index contributed by atoms with van der Waals surface area (Å²) in [6.07, 6.45) is 0. The van der Waals surface area contributed by atoms with E-state index in [4.69, 9.17) is 0 Å². The van der Waals surface area contributed by atoms with E-state index in [9.17, 15) is 4.79 Å². The Kier molecular flexibility index (Phi) is 17.5. The number of ketones is 1. The van der Waals surface area contributed by atoms with Crippen molar-refractivity contribution >= 4 is 5.78 Å². The second-order valence-corrected chi connectivity index (χ2v) is 9.42. The van der Waals surface area contributed by atoms with E-state index in [-0.39, 0.29) is 5.78 Å². The largest absolute Gasteiger partial charge is 0.294 e. The van der Waals surface area contributed by atoms with Crippen LogP contribution in [0.3, 0.4) is 0 Å². The van der Waals surface area contributed by atoms with Gasteiger partial charge in [0.1, 0.15) is 0 Å². The molecule has 212 valence electrons. The maximum atomic E-state index is 11.5. The molecule has 0 amide bonds.